The first-order valence-electron chi connectivity index (χ1n) is 12.4. The largest absolute Gasteiger partial charge is 0.459 e. The summed E-state index contributed by atoms with van der Waals surface area (Å²) >= 11 is 1.70. The summed E-state index contributed by atoms with van der Waals surface area (Å²) in [7, 11) is 0. The summed E-state index contributed by atoms with van der Waals surface area (Å²) in [6, 6.07) is 4.78. The molecule has 1 aromatic rings. The van der Waals surface area contributed by atoms with E-state index in [1.807, 2.05) is 17.9 Å². The van der Waals surface area contributed by atoms with Gasteiger partial charge in [0.05, 0.1) is 0 Å². The minimum atomic E-state index is -0.464. The number of carbonyl (C=O) groups excluding carboxylic acids is 1. The highest BCUT2D eigenvalue weighted by Crippen LogP contribution is 2.41. The molecule has 3 aliphatic rings. The van der Waals surface area contributed by atoms with Crippen molar-refractivity contribution in [3.05, 3.63) is 34.2 Å². The average Bonchev–Trinajstić information content (AvgIpc) is 3.38. The predicted molar refractivity (Wildman–Crippen MR) is 126 cm³/mol. The maximum absolute atomic E-state index is 13.4. The zero-order valence-corrected chi connectivity index (χ0v) is 20.1. The zero-order chi connectivity index (χ0) is 22.3. The van der Waals surface area contributed by atoms with Gasteiger partial charge >= 0.3 is 0 Å². The third kappa shape index (κ3) is 5.56. The van der Waals surface area contributed by atoms with Crippen molar-refractivity contribution in [2.24, 2.45) is 5.92 Å². The first kappa shape index (κ1) is 23.7. The number of piperidine rings is 2. The van der Waals surface area contributed by atoms with E-state index in [2.05, 4.69) is 22.4 Å². The Hall–Kier alpha value is -1.41. The number of aliphatic hydroxyl groups is 1. The minimum absolute atomic E-state index is 0.00559. The van der Waals surface area contributed by atoms with E-state index in [1.165, 1.54) is 37.2 Å². The predicted octanol–water partition coefficient (Wildman–Crippen LogP) is 3.97. The van der Waals surface area contributed by atoms with Crippen molar-refractivity contribution >= 4 is 17.2 Å². The summed E-state index contributed by atoms with van der Waals surface area (Å²) in [6.07, 6.45) is 9.09. The smallest absolute Gasteiger partial charge is 0.288 e. The Morgan fingerprint density at radius 1 is 1.22 bits per heavy atom. The Kier molecular flexibility index (Phi) is 8.63. The van der Waals surface area contributed by atoms with Crippen LogP contribution in [0.5, 0.6) is 0 Å². The molecule has 0 bridgehead atoms. The third-order valence-corrected chi connectivity index (χ3v) is 8.13. The molecule has 3 atom stereocenters. The topological polar surface area (TPSA) is 62.2 Å². The van der Waals surface area contributed by atoms with Crippen molar-refractivity contribution in [2.75, 3.05) is 39.4 Å². The number of ether oxygens (including phenoxy) is 2. The van der Waals surface area contributed by atoms with Crippen LogP contribution in [0.25, 0.3) is 0 Å². The second-order valence-corrected chi connectivity index (χ2v) is 10.1. The Balaban J connectivity index is 1.47. The molecule has 0 radical (unpaired) electrons. The van der Waals surface area contributed by atoms with Crippen molar-refractivity contribution in [3.8, 4) is 0 Å². The van der Waals surface area contributed by atoms with Crippen LogP contribution in [0, 0.1) is 5.92 Å². The third-order valence-electron chi connectivity index (χ3n) is 7.15. The fraction of sp³-hybridized carbons (Fsp3) is 0.720. The quantitative estimate of drug-likeness (QED) is 0.633. The van der Waals surface area contributed by atoms with Crippen LogP contribution in [-0.2, 0) is 14.3 Å². The first-order chi connectivity index (χ1) is 15.7. The van der Waals surface area contributed by atoms with E-state index in [9.17, 15) is 9.90 Å². The van der Waals surface area contributed by atoms with Gasteiger partial charge in [-0.25, -0.2) is 0 Å². The Morgan fingerprint density at radius 2 is 2.00 bits per heavy atom. The standard InChI is InChI=1S/C25H38N2O4S/c1-2-30-25-20(8-6-16-28)21(23-9-7-17-32-23)18-22(31-25)24(29)27-14-10-19(11-15-27)26-12-4-3-5-13-26/h7,9,17-21,25,28H,2-6,8,10-16H2,1H3/t20-,21-,25+/m1/s1. The molecule has 3 aliphatic heterocycles. The number of thiophene rings is 1. The van der Waals surface area contributed by atoms with Gasteiger partial charge in [0.15, 0.2) is 5.76 Å². The van der Waals surface area contributed by atoms with Gasteiger partial charge in [-0.15, -0.1) is 11.3 Å². The summed E-state index contributed by atoms with van der Waals surface area (Å²) in [5, 5.41) is 11.5. The maximum atomic E-state index is 13.4. The number of hydrogen-bond donors (Lipinski definition) is 1. The number of aliphatic hydroxyl groups excluding tert-OH is 1. The normalized spacial score (nSPS) is 27.8. The van der Waals surface area contributed by atoms with Crippen LogP contribution in [-0.4, -0.2) is 72.5 Å². The monoisotopic (exact) mass is 462 g/mol. The lowest BCUT2D eigenvalue weighted by atomic mass is 9.84. The molecule has 0 saturated carbocycles. The molecule has 32 heavy (non-hydrogen) atoms. The highest BCUT2D eigenvalue weighted by molar-refractivity contribution is 7.10. The fourth-order valence-electron chi connectivity index (χ4n) is 5.44. The van der Waals surface area contributed by atoms with Gasteiger partial charge in [0.2, 0.25) is 6.29 Å². The van der Waals surface area contributed by atoms with Crippen LogP contribution in [0.4, 0.5) is 0 Å². The number of hydrogen-bond acceptors (Lipinski definition) is 6. The Morgan fingerprint density at radius 3 is 2.66 bits per heavy atom. The van der Waals surface area contributed by atoms with Gasteiger partial charge in [0, 0.05) is 49.1 Å². The minimum Gasteiger partial charge on any atom is -0.459 e. The van der Waals surface area contributed by atoms with Crippen LogP contribution in [0.3, 0.4) is 0 Å². The van der Waals surface area contributed by atoms with Gasteiger partial charge in [0.1, 0.15) is 0 Å². The molecule has 1 N–H and O–H groups in total. The van der Waals surface area contributed by atoms with E-state index in [1.54, 1.807) is 11.3 Å². The second-order valence-electron chi connectivity index (χ2n) is 9.16. The molecule has 0 spiro atoms. The molecule has 2 saturated heterocycles. The molecule has 4 rings (SSSR count). The molecule has 6 nitrogen and oxygen atoms in total. The molecule has 2 fully saturated rings. The highest BCUT2D eigenvalue weighted by Gasteiger charge is 2.39. The van der Waals surface area contributed by atoms with Gasteiger partial charge in [0.25, 0.3) is 5.91 Å². The van der Waals surface area contributed by atoms with Crippen molar-refractivity contribution in [1.82, 2.24) is 9.80 Å². The van der Waals surface area contributed by atoms with Crippen molar-refractivity contribution in [1.29, 1.82) is 0 Å². The van der Waals surface area contributed by atoms with Crippen LogP contribution in [0.15, 0.2) is 29.3 Å². The van der Waals surface area contributed by atoms with Gasteiger partial charge in [-0.05, 0) is 76.1 Å². The first-order valence-corrected chi connectivity index (χ1v) is 13.3. The molecule has 0 unspecified atom stereocenters. The van der Waals surface area contributed by atoms with E-state index in [4.69, 9.17) is 9.47 Å². The summed E-state index contributed by atoms with van der Waals surface area (Å²) in [6.45, 7) is 6.63. The molecule has 0 aromatic carbocycles. The summed E-state index contributed by atoms with van der Waals surface area (Å²) < 4.78 is 12.2. The van der Waals surface area contributed by atoms with E-state index in [-0.39, 0.29) is 24.3 Å². The summed E-state index contributed by atoms with van der Waals surface area (Å²) in [5.41, 5.74) is 0. The van der Waals surface area contributed by atoms with Gasteiger partial charge in [-0.3, -0.25) is 4.79 Å². The van der Waals surface area contributed by atoms with E-state index in [0.717, 1.165) is 32.4 Å². The molecule has 1 aromatic heterocycles. The Bertz CT molecular complexity index is 739. The average molecular weight is 463 g/mol. The Labute approximate surface area is 196 Å². The molecule has 1 amide bonds. The molecular weight excluding hydrogens is 424 g/mol. The molecular formula is C25H38N2O4S. The lowest BCUT2D eigenvalue weighted by Crippen LogP contribution is -2.49. The SMILES string of the molecule is CCO[C@H]1OC(C(=O)N2CCC(N3CCCCC3)CC2)=C[C@@H](c2cccs2)[C@H]1CCCO. The highest BCUT2D eigenvalue weighted by atomic mass is 32.1. The molecule has 178 valence electrons. The van der Waals surface area contributed by atoms with Gasteiger partial charge < -0.3 is 24.4 Å². The van der Waals surface area contributed by atoms with Crippen LogP contribution in [0.2, 0.25) is 0 Å². The number of nitrogens with zero attached hydrogens (tertiary/aromatic N) is 2. The number of allylic oxidation sites excluding steroid dienone is 1. The molecule has 7 heteroatoms. The molecule has 4 heterocycles. The lowest BCUT2D eigenvalue weighted by Gasteiger charge is -2.41. The van der Waals surface area contributed by atoms with E-state index in [0.29, 0.717) is 24.8 Å². The number of rotatable bonds is 8. The van der Waals surface area contributed by atoms with E-state index < -0.39 is 6.29 Å². The van der Waals surface area contributed by atoms with Crippen molar-refractivity contribution < 1.29 is 19.4 Å². The van der Waals surface area contributed by atoms with Crippen LogP contribution < -0.4 is 0 Å². The zero-order valence-electron chi connectivity index (χ0n) is 19.3. The van der Waals surface area contributed by atoms with Gasteiger partial charge in [-0.2, -0.15) is 0 Å². The van der Waals surface area contributed by atoms with Crippen molar-refractivity contribution in [2.45, 2.75) is 70.1 Å². The second kappa shape index (κ2) is 11.6. The summed E-state index contributed by atoms with van der Waals surface area (Å²) in [5.74, 6) is 0.575. The van der Waals surface area contributed by atoms with Gasteiger partial charge in [-0.1, -0.05) is 12.5 Å². The van der Waals surface area contributed by atoms with Crippen LogP contribution in [0.1, 0.15) is 62.7 Å². The number of amides is 1. The van der Waals surface area contributed by atoms with Crippen LogP contribution >= 0.6 is 11.3 Å². The number of carbonyl (C=O) groups is 1. The molecule has 0 aliphatic carbocycles. The fourth-order valence-corrected chi connectivity index (χ4v) is 6.31. The van der Waals surface area contributed by atoms with E-state index >= 15 is 0 Å². The van der Waals surface area contributed by atoms with Crippen molar-refractivity contribution in [3.63, 3.8) is 0 Å². The maximum Gasteiger partial charge on any atom is 0.288 e. The summed E-state index contributed by atoms with van der Waals surface area (Å²) in [4.78, 5) is 19.3. The lowest BCUT2D eigenvalue weighted by molar-refractivity contribution is -0.170. The number of likely N-dealkylation sites (tertiary alicyclic amines) is 2.